The summed E-state index contributed by atoms with van der Waals surface area (Å²) >= 11 is 4.85. The Balaban J connectivity index is 2.24. The number of ketones is 1. The molecule has 1 heterocycles. The molecule has 0 aliphatic carbocycles. The number of benzene rings is 1. The average Bonchev–Trinajstić information content (AvgIpc) is 2.89. The van der Waals surface area contributed by atoms with Gasteiger partial charge in [0.1, 0.15) is 16.4 Å². The molecular formula is C14H13BrO3S. The van der Waals surface area contributed by atoms with Crippen LogP contribution in [0.25, 0.3) is 0 Å². The van der Waals surface area contributed by atoms with Crippen LogP contribution in [-0.4, -0.2) is 20.0 Å². The van der Waals surface area contributed by atoms with Gasteiger partial charge in [0.05, 0.1) is 14.2 Å². The lowest BCUT2D eigenvalue weighted by atomic mass is 10.1. The van der Waals surface area contributed by atoms with Gasteiger partial charge >= 0.3 is 0 Å². The third kappa shape index (κ3) is 3.16. The van der Waals surface area contributed by atoms with Crippen molar-refractivity contribution < 1.29 is 14.3 Å². The second-order valence-corrected chi connectivity index (χ2v) is 5.65. The first-order chi connectivity index (χ1) is 9.15. The van der Waals surface area contributed by atoms with E-state index in [1.165, 1.54) is 11.3 Å². The molecule has 0 atom stereocenters. The Morgan fingerprint density at radius 2 is 2.05 bits per heavy atom. The number of hydrogen-bond donors (Lipinski definition) is 0. The number of Topliss-reactive ketones (excluding diaryl/α,β-unsaturated/α-hetero) is 1. The number of carbonyl (C=O) groups excluding carboxylic acids is 1. The highest BCUT2D eigenvalue weighted by molar-refractivity contribution is 9.10. The fourth-order valence-electron chi connectivity index (χ4n) is 1.73. The lowest BCUT2D eigenvalue weighted by molar-refractivity contribution is 0.0994. The van der Waals surface area contributed by atoms with Crippen LogP contribution in [0.5, 0.6) is 11.5 Å². The van der Waals surface area contributed by atoms with Gasteiger partial charge in [-0.25, -0.2) is 0 Å². The maximum Gasteiger partial charge on any atom is 0.180 e. The van der Waals surface area contributed by atoms with Crippen molar-refractivity contribution in [1.82, 2.24) is 0 Å². The molecule has 100 valence electrons. The monoisotopic (exact) mass is 340 g/mol. The van der Waals surface area contributed by atoms with Crippen molar-refractivity contribution >= 4 is 33.0 Å². The van der Waals surface area contributed by atoms with E-state index in [-0.39, 0.29) is 5.78 Å². The highest BCUT2D eigenvalue weighted by Gasteiger charge is 2.16. The van der Waals surface area contributed by atoms with Gasteiger partial charge in [0.15, 0.2) is 5.78 Å². The second-order valence-electron chi connectivity index (χ2n) is 3.88. The molecule has 0 amide bonds. The van der Waals surface area contributed by atoms with Gasteiger partial charge in [-0.1, -0.05) is 15.9 Å². The second kappa shape index (κ2) is 6.21. The minimum atomic E-state index is 0.0424. The molecule has 0 aliphatic heterocycles. The fraction of sp³-hybridized carbons (Fsp3) is 0.214. The third-order valence-corrected chi connectivity index (χ3v) is 4.42. The van der Waals surface area contributed by atoms with Gasteiger partial charge < -0.3 is 9.47 Å². The van der Waals surface area contributed by atoms with E-state index in [2.05, 4.69) is 15.9 Å². The van der Waals surface area contributed by atoms with Crippen molar-refractivity contribution in [2.75, 3.05) is 14.2 Å². The smallest absolute Gasteiger partial charge is 0.180 e. The summed E-state index contributed by atoms with van der Waals surface area (Å²) in [4.78, 5) is 12.9. The molecule has 0 saturated carbocycles. The third-order valence-electron chi connectivity index (χ3n) is 2.71. The Morgan fingerprint density at radius 1 is 1.26 bits per heavy atom. The molecule has 0 bridgehead atoms. The van der Waals surface area contributed by atoms with Gasteiger partial charge in [-0.2, -0.15) is 0 Å². The van der Waals surface area contributed by atoms with Gasteiger partial charge in [0.25, 0.3) is 0 Å². The number of halogens is 1. The van der Waals surface area contributed by atoms with E-state index in [0.29, 0.717) is 17.0 Å². The van der Waals surface area contributed by atoms with Gasteiger partial charge in [-0.05, 0) is 35.2 Å². The maximum absolute atomic E-state index is 12.3. The molecule has 5 heteroatoms. The fourth-order valence-corrected chi connectivity index (χ4v) is 2.91. The summed E-state index contributed by atoms with van der Waals surface area (Å²) < 4.78 is 11.2. The molecule has 0 N–H and O–H groups in total. The molecule has 0 fully saturated rings. The van der Waals surface area contributed by atoms with Crippen molar-refractivity contribution in [2.45, 2.75) is 6.42 Å². The zero-order chi connectivity index (χ0) is 13.8. The summed E-state index contributed by atoms with van der Waals surface area (Å²) in [7, 11) is 3.18. The molecule has 3 nitrogen and oxygen atoms in total. The molecule has 2 aromatic rings. The van der Waals surface area contributed by atoms with Crippen LogP contribution in [0.1, 0.15) is 15.2 Å². The number of methoxy groups -OCH3 is 2. The predicted octanol–water partition coefficient (Wildman–Crippen LogP) is 3.95. The van der Waals surface area contributed by atoms with Gasteiger partial charge in [-0.15, -0.1) is 11.3 Å². The molecule has 19 heavy (non-hydrogen) atoms. The number of rotatable bonds is 5. The van der Waals surface area contributed by atoms with Crippen molar-refractivity contribution in [1.29, 1.82) is 0 Å². The standard InChI is InChI=1S/C14H13BrO3S/c1-17-10-3-4-11(15)9(7-10)8-12(16)14-13(18-2)5-6-19-14/h3-7H,8H2,1-2H3. The lowest BCUT2D eigenvalue weighted by Crippen LogP contribution is -2.04. The molecule has 0 aliphatic rings. The van der Waals surface area contributed by atoms with Crippen LogP contribution in [0.2, 0.25) is 0 Å². The van der Waals surface area contributed by atoms with Gasteiger partial charge in [0.2, 0.25) is 0 Å². The Morgan fingerprint density at radius 3 is 2.74 bits per heavy atom. The lowest BCUT2D eigenvalue weighted by Gasteiger charge is -2.07. The Hall–Kier alpha value is -1.33. The van der Waals surface area contributed by atoms with E-state index in [4.69, 9.17) is 9.47 Å². The highest BCUT2D eigenvalue weighted by atomic mass is 79.9. The van der Waals surface area contributed by atoms with Crippen molar-refractivity contribution in [2.24, 2.45) is 0 Å². The average molecular weight is 341 g/mol. The molecular weight excluding hydrogens is 328 g/mol. The van der Waals surface area contributed by atoms with E-state index < -0.39 is 0 Å². The summed E-state index contributed by atoms with van der Waals surface area (Å²) in [6, 6.07) is 7.40. The highest BCUT2D eigenvalue weighted by Crippen LogP contribution is 2.28. The summed E-state index contributed by atoms with van der Waals surface area (Å²) in [5, 5.41) is 1.85. The van der Waals surface area contributed by atoms with E-state index in [1.54, 1.807) is 20.3 Å². The number of ether oxygens (including phenoxy) is 2. The summed E-state index contributed by atoms with van der Waals surface area (Å²) in [5.74, 6) is 1.42. The first kappa shape index (κ1) is 14.1. The zero-order valence-corrected chi connectivity index (χ0v) is 13.0. The van der Waals surface area contributed by atoms with Crippen LogP contribution in [0.4, 0.5) is 0 Å². The molecule has 0 radical (unpaired) electrons. The van der Waals surface area contributed by atoms with Crippen LogP contribution < -0.4 is 9.47 Å². The van der Waals surface area contributed by atoms with E-state index >= 15 is 0 Å². The van der Waals surface area contributed by atoms with Crippen LogP contribution >= 0.6 is 27.3 Å². The molecule has 0 saturated heterocycles. The van der Waals surface area contributed by atoms with Gasteiger partial charge in [-0.3, -0.25) is 4.79 Å². The Bertz CT molecular complexity index is 592. The predicted molar refractivity (Wildman–Crippen MR) is 79.6 cm³/mol. The van der Waals surface area contributed by atoms with E-state index in [1.807, 2.05) is 23.6 Å². The maximum atomic E-state index is 12.3. The molecule has 0 spiro atoms. The molecule has 1 aromatic heterocycles. The minimum Gasteiger partial charge on any atom is -0.497 e. The van der Waals surface area contributed by atoms with E-state index in [0.717, 1.165) is 15.8 Å². The first-order valence-corrected chi connectivity index (χ1v) is 7.30. The molecule has 1 aromatic carbocycles. The summed E-state index contributed by atoms with van der Waals surface area (Å²) in [6.45, 7) is 0. The van der Waals surface area contributed by atoms with Crippen molar-refractivity contribution in [3.8, 4) is 11.5 Å². The number of carbonyl (C=O) groups is 1. The van der Waals surface area contributed by atoms with E-state index in [9.17, 15) is 4.79 Å². The molecule has 2 rings (SSSR count). The topological polar surface area (TPSA) is 35.5 Å². The summed E-state index contributed by atoms with van der Waals surface area (Å²) in [5.41, 5.74) is 0.903. The quantitative estimate of drug-likeness (QED) is 0.773. The van der Waals surface area contributed by atoms with Crippen LogP contribution in [0.3, 0.4) is 0 Å². The first-order valence-electron chi connectivity index (χ1n) is 5.62. The Labute approximate surface area is 124 Å². The molecule has 0 unspecified atom stereocenters. The largest absolute Gasteiger partial charge is 0.497 e. The SMILES string of the molecule is COc1ccc(Br)c(CC(=O)c2sccc2OC)c1. The van der Waals surface area contributed by atoms with Crippen molar-refractivity contribution in [3.63, 3.8) is 0 Å². The number of thiophene rings is 1. The zero-order valence-electron chi connectivity index (χ0n) is 10.6. The van der Waals surface area contributed by atoms with Crippen molar-refractivity contribution in [3.05, 3.63) is 44.6 Å². The Kier molecular flexibility index (Phi) is 4.61. The van der Waals surface area contributed by atoms with Crippen LogP contribution in [0, 0.1) is 0 Å². The number of hydrogen-bond acceptors (Lipinski definition) is 4. The van der Waals surface area contributed by atoms with Gasteiger partial charge in [0, 0.05) is 10.9 Å². The van der Waals surface area contributed by atoms with Crippen LogP contribution in [0.15, 0.2) is 34.1 Å². The minimum absolute atomic E-state index is 0.0424. The summed E-state index contributed by atoms with van der Waals surface area (Å²) in [6.07, 6.45) is 0.314. The normalized spacial score (nSPS) is 10.3. The van der Waals surface area contributed by atoms with Crippen LogP contribution in [-0.2, 0) is 6.42 Å².